The van der Waals surface area contributed by atoms with E-state index in [9.17, 15) is 4.79 Å². The Labute approximate surface area is 119 Å². The Hall–Kier alpha value is -1.75. The molecule has 0 bridgehead atoms. The van der Waals surface area contributed by atoms with Crippen LogP contribution in [0.2, 0.25) is 0 Å². The van der Waals surface area contributed by atoms with E-state index in [2.05, 4.69) is 0 Å². The molecular formula is C15H23NO4. The van der Waals surface area contributed by atoms with Gasteiger partial charge in [0.1, 0.15) is 0 Å². The van der Waals surface area contributed by atoms with Crippen molar-refractivity contribution in [2.75, 3.05) is 13.2 Å². The first-order valence-corrected chi connectivity index (χ1v) is 6.92. The molecule has 5 nitrogen and oxygen atoms in total. The predicted molar refractivity (Wildman–Crippen MR) is 77.3 cm³/mol. The lowest BCUT2D eigenvalue weighted by molar-refractivity contribution is -0.137. The quantitative estimate of drug-likeness (QED) is 0.725. The monoisotopic (exact) mass is 281 g/mol. The topological polar surface area (TPSA) is 81.8 Å². The van der Waals surface area contributed by atoms with E-state index < -0.39 is 5.97 Å². The van der Waals surface area contributed by atoms with Gasteiger partial charge in [-0.1, -0.05) is 6.07 Å². The summed E-state index contributed by atoms with van der Waals surface area (Å²) >= 11 is 0. The zero-order valence-electron chi connectivity index (χ0n) is 12.1. The van der Waals surface area contributed by atoms with Gasteiger partial charge in [-0.05, 0) is 44.4 Å². The number of benzene rings is 1. The molecule has 0 saturated heterocycles. The van der Waals surface area contributed by atoms with Gasteiger partial charge in [-0.15, -0.1) is 0 Å². The SMILES string of the molecule is CCOc1ccc(CC(N)CCC(=O)O)cc1OCC. The maximum absolute atomic E-state index is 10.5. The summed E-state index contributed by atoms with van der Waals surface area (Å²) in [4.78, 5) is 10.5. The number of hydrogen-bond acceptors (Lipinski definition) is 4. The molecule has 0 saturated carbocycles. The molecule has 0 heterocycles. The first-order valence-electron chi connectivity index (χ1n) is 6.92. The van der Waals surface area contributed by atoms with Crippen molar-refractivity contribution in [3.05, 3.63) is 23.8 Å². The fraction of sp³-hybridized carbons (Fsp3) is 0.533. The molecule has 0 aliphatic heterocycles. The number of nitrogens with two attached hydrogens (primary N) is 1. The molecule has 5 heteroatoms. The average molecular weight is 281 g/mol. The van der Waals surface area contributed by atoms with Crippen molar-refractivity contribution < 1.29 is 19.4 Å². The predicted octanol–water partition coefficient (Wildman–Crippen LogP) is 2.22. The van der Waals surface area contributed by atoms with E-state index in [-0.39, 0.29) is 12.5 Å². The molecule has 1 aromatic carbocycles. The zero-order valence-corrected chi connectivity index (χ0v) is 12.1. The fourth-order valence-electron chi connectivity index (χ4n) is 1.94. The molecular weight excluding hydrogens is 258 g/mol. The average Bonchev–Trinajstić information content (AvgIpc) is 2.40. The van der Waals surface area contributed by atoms with Crippen LogP contribution >= 0.6 is 0 Å². The molecule has 112 valence electrons. The van der Waals surface area contributed by atoms with Crippen LogP contribution in [0.15, 0.2) is 18.2 Å². The van der Waals surface area contributed by atoms with Gasteiger partial charge in [0.15, 0.2) is 11.5 Å². The van der Waals surface area contributed by atoms with Gasteiger partial charge in [0.2, 0.25) is 0 Å². The minimum Gasteiger partial charge on any atom is -0.490 e. The highest BCUT2D eigenvalue weighted by atomic mass is 16.5. The van der Waals surface area contributed by atoms with Crippen molar-refractivity contribution in [1.82, 2.24) is 0 Å². The molecule has 0 fully saturated rings. The van der Waals surface area contributed by atoms with Crippen molar-refractivity contribution in [1.29, 1.82) is 0 Å². The van der Waals surface area contributed by atoms with Crippen LogP contribution in [0.3, 0.4) is 0 Å². The van der Waals surface area contributed by atoms with Gasteiger partial charge in [0.25, 0.3) is 0 Å². The van der Waals surface area contributed by atoms with Crippen LogP contribution in [0.25, 0.3) is 0 Å². The summed E-state index contributed by atoms with van der Waals surface area (Å²) in [7, 11) is 0. The van der Waals surface area contributed by atoms with E-state index in [1.54, 1.807) is 0 Å². The van der Waals surface area contributed by atoms with Crippen LogP contribution in [-0.4, -0.2) is 30.3 Å². The number of aliphatic carboxylic acids is 1. The van der Waals surface area contributed by atoms with E-state index in [0.717, 1.165) is 11.3 Å². The lowest BCUT2D eigenvalue weighted by Gasteiger charge is -2.14. The van der Waals surface area contributed by atoms with Crippen LogP contribution in [0.5, 0.6) is 11.5 Å². The van der Waals surface area contributed by atoms with E-state index in [4.69, 9.17) is 20.3 Å². The highest BCUT2D eigenvalue weighted by molar-refractivity contribution is 5.66. The Bertz CT molecular complexity index is 434. The summed E-state index contributed by atoms with van der Waals surface area (Å²) in [5.74, 6) is 0.608. The Morgan fingerprint density at radius 2 is 1.90 bits per heavy atom. The maximum atomic E-state index is 10.5. The molecule has 0 spiro atoms. The highest BCUT2D eigenvalue weighted by Crippen LogP contribution is 2.29. The number of rotatable bonds is 9. The van der Waals surface area contributed by atoms with Crippen molar-refractivity contribution >= 4 is 5.97 Å². The molecule has 1 rings (SSSR count). The summed E-state index contributed by atoms with van der Waals surface area (Å²) in [5, 5.41) is 8.65. The second-order valence-corrected chi connectivity index (χ2v) is 4.54. The molecule has 1 unspecified atom stereocenters. The molecule has 1 atom stereocenters. The molecule has 0 aromatic heterocycles. The van der Waals surface area contributed by atoms with Crippen LogP contribution in [0, 0.1) is 0 Å². The first-order chi connectivity index (χ1) is 9.56. The number of ether oxygens (including phenoxy) is 2. The van der Waals surface area contributed by atoms with Gasteiger partial charge in [-0.3, -0.25) is 4.79 Å². The Morgan fingerprint density at radius 3 is 2.50 bits per heavy atom. The van der Waals surface area contributed by atoms with Crippen LogP contribution < -0.4 is 15.2 Å². The highest BCUT2D eigenvalue weighted by Gasteiger charge is 2.10. The first kappa shape index (κ1) is 16.3. The Kier molecular flexibility index (Phi) is 6.87. The third-order valence-corrected chi connectivity index (χ3v) is 2.83. The number of carboxylic acids is 1. The number of hydrogen-bond donors (Lipinski definition) is 2. The van der Waals surface area contributed by atoms with Gasteiger partial charge in [-0.2, -0.15) is 0 Å². The van der Waals surface area contributed by atoms with Crippen molar-refractivity contribution in [2.45, 2.75) is 39.2 Å². The minimum atomic E-state index is -0.817. The maximum Gasteiger partial charge on any atom is 0.303 e. The largest absolute Gasteiger partial charge is 0.490 e. The summed E-state index contributed by atoms with van der Waals surface area (Å²) in [6.07, 6.45) is 1.18. The van der Waals surface area contributed by atoms with E-state index in [1.165, 1.54) is 0 Å². The number of carboxylic acid groups (broad SMARTS) is 1. The second-order valence-electron chi connectivity index (χ2n) is 4.54. The zero-order chi connectivity index (χ0) is 15.0. The lowest BCUT2D eigenvalue weighted by Crippen LogP contribution is -2.23. The summed E-state index contributed by atoms with van der Waals surface area (Å²) < 4.78 is 11.0. The van der Waals surface area contributed by atoms with Crippen LogP contribution in [-0.2, 0) is 11.2 Å². The summed E-state index contributed by atoms with van der Waals surface area (Å²) in [6, 6.07) is 5.55. The van der Waals surface area contributed by atoms with Gasteiger partial charge in [-0.25, -0.2) is 0 Å². The molecule has 0 aliphatic carbocycles. The molecule has 3 N–H and O–H groups in total. The van der Waals surface area contributed by atoms with E-state index >= 15 is 0 Å². The van der Waals surface area contributed by atoms with Gasteiger partial charge in [0.05, 0.1) is 13.2 Å². The van der Waals surface area contributed by atoms with E-state index in [1.807, 2.05) is 32.0 Å². The van der Waals surface area contributed by atoms with Crippen LogP contribution in [0.1, 0.15) is 32.3 Å². The molecule has 0 aliphatic rings. The minimum absolute atomic E-state index is 0.0938. The van der Waals surface area contributed by atoms with Crippen molar-refractivity contribution in [3.63, 3.8) is 0 Å². The van der Waals surface area contributed by atoms with Crippen molar-refractivity contribution in [3.8, 4) is 11.5 Å². The second kappa shape index (κ2) is 8.43. The fourth-order valence-corrected chi connectivity index (χ4v) is 1.94. The lowest BCUT2D eigenvalue weighted by atomic mass is 10.0. The molecule has 20 heavy (non-hydrogen) atoms. The summed E-state index contributed by atoms with van der Waals surface area (Å²) in [6.45, 7) is 4.98. The third-order valence-electron chi connectivity index (χ3n) is 2.83. The van der Waals surface area contributed by atoms with Gasteiger partial charge >= 0.3 is 5.97 Å². The normalized spacial score (nSPS) is 11.9. The van der Waals surface area contributed by atoms with Gasteiger partial charge in [0, 0.05) is 12.5 Å². The number of carbonyl (C=O) groups is 1. The Morgan fingerprint density at radius 1 is 1.25 bits per heavy atom. The Balaban J connectivity index is 2.70. The molecule has 0 radical (unpaired) electrons. The molecule has 0 amide bonds. The standard InChI is InChI=1S/C15H23NO4/c1-3-19-13-7-5-11(10-14(13)20-4-2)9-12(16)6-8-15(17)18/h5,7,10,12H,3-4,6,8-9,16H2,1-2H3,(H,17,18). The van der Waals surface area contributed by atoms with Crippen LogP contribution in [0.4, 0.5) is 0 Å². The van der Waals surface area contributed by atoms with Gasteiger partial charge < -0.3 is 20.3 Å². The molecule has 1 aromatic rings. The summed E-state index contributed by atoms with van der Waals surface area (Å²) in [5.41, 5.74) is 6.96. The smallest absolute Gasteiger partial charge is 0.303 e. The van der Waals surface area contributed by atoms with Crippen molar-refractivity contribution in [2.24, 2.45) is 5.73 Å². The van der Waals surface area contributed by atoms with E-state index in [0.29, 0.717) is 31.8 Å². The third kappa shape index (κ3) is 5.48.